The van der Waals surface area contributed by atoms with Gasteiger partial charge in [0, 0.05) is 19.5 Å². The third-order valence-corrected chi connectivity index (χ3v) is 3.85. The molecule has 6 heteroatoms. The average Bonchev–Trinajstić information content (AvgIpc) is 2.75. The van der Waals surface area contributed by atoms with Crippen LogP contribution in [0.4, 0.5) is 0 Å². The molecule has 0 atom stereocenters. The second-order valence-electron chi connectivity index (χ2n) is 4.51. The Kier molecular flexibility index (Phi) is 4.06. The maximum Gasteiger partial charge on any atom is 0.258 e. The Morgan fingerprint density at radius 2 is 2.11 bits per heavy atom. The van der Waals surface area contributed by atoms with Crippen molar-refractivity contribution in [2.75, 3.05) is 13.1 Å². The molecule has 0 spiro atoms. The Morgan fingerprint density at radius 3 is 2.61 bits per heavy atom. The van der Waals surface area contributed by atoms with Gasteiger partial charge in [-0.1, -0.05) is 0 Å². The molecule has 18 heavy (non-hydrogen) atoms. The van der Waals surface area contributed by atoms with Crippen molar-refractivity contribution >= 4 is 27.7 Å². The van der Waals surface area contributed by atoms with Crippen LogP contribution in [0.3, 0.4) is 0 Å². The molecule has 0 unspecified atom stereocenters. The quantitative estimate of drug-likeness (QED) is 0.923. The van der Waals surface area contributed by atoms with Crippen LogP contribution in [0.15, 0.2) is 21.4 Å². The maximum absolute atomic E-state index is 12.2. The predicted octanol–water partition coefficient (Wildman–Crippen LogP) is 1.77. The largest absolute Gasteiger partial charge is 0.457 e. The van der Waals surface area contributed by atoms with Crippen molar-refractivity contribution in [1.82, 2.24) is 4.90 Å². The van der Waals surface area contributed by atoms with Gasteiger partial charge in [-0.2, -0.15) is 0 Å². The number of rotatable bonds is 3. The fraction of sp³-hybridized carbons (Fsp3) is 0.500. The lowest BCUT2D eigenvalue weighted by atomic mass is 9.93. The predicted molar refractivity (Wildman–Crippen MR) is 68.8 cm³/mol. The third kappa shape index (κ3) is 2.93. The van der Waals surface area contributed by atoms with Crippen LogP contribution in [-0.4, -0.2) is 29.8 Å². The fourth-order valence-electron chi connectivity index (χ4n) is 2.24. The lowest BCUT2D eigenvalue weighted by Crippen LogP contribution is -2.39. The highest BCUT2D eigenvalue weighted by atomic mass is 79.9. The van der Waals surface area contributed by atoms with Gasteiger partial charge in [0.1, 0.15) is 0 Å². The van der Waals surface area contributed by atoms with Gasteiger partial charge < -0.3 is 15.1 Å². The molecule has 0 bridgehead atoms. The molecule has 0 saturated carbocycles. The Balaban J connectivity index is 1.92. The highest BCUT2D eigenvalue weighted by Crippen LogP contribution is 2.24. The van der Waals surface area contributed by atoms with E-state index in [1.54, 1.807) is 11.0 Å². The van der Waals surface area contributed by atoms with Crippen LogP contribution in [0.1, 0.15) is 29.6 Å². The van der Waals surface area contributed by atoms with Crippen molar-refractivity contribution in [2.45, 2.75) is 19.3 Å². The number of nitrogens with two attached hydrogens (primary N) is 1. The van der Waals surface area contributed by atoms with E-state index in [4.69, 9.17) is 10.2 Å². The maximum atomic E-state index is 12.2. The average molecular weight is 315 g/mol. The SMILES string of the molecule is NC(=O)CC1CCN(C(=O)c2ccoc2Br)CC1. The zero-order valence-electron chi connectivity index (χ0n) is 9.89. The first-order valence-corrected chi connectivity index (χ1v) is 6.68. The molecule has 1 aliphatic rings. The van der Waals surface area contributed by atoms with Gasteiger partial charge in [0.2, 0.25) is 5.91 Å². The van der Waals surface area contributed by atoms with Crippen molar-refractivity contribution in [2.24, 2.45) is 11.7 Å². The summed E-state index contributed by atoms with van der Waals surface area (Å²) in [6.45, 7) is 1.32. The van der Waals surface area contributed by atoms with Gasteiger partial charge >= 0.3 is 0 Å². The fourth-order valence-corrected chi connectivity index (χ4v) is 2.65. The molecule has 1 aromatic heterocycles. The standard InChI is InChI=1S/C12H15BrN2O3/c13-11-9(3-6-18-11)12(17)15-4-1-8(2-5-15)7-10(14)16/h3,6,8H,1-2,4-5,7H2,(H2,14,16). The summed E-state index contributed by atoms with van der Waals surface area (Å²) in [6.07, 6.45) is 3.54. The first-order chi connectivity index (χ1) is 8.58. The molecule has 2 N–H and O–H groups in total. The molecule has 1 saturated heterocycles. The summed E-state index contributed by atoms with van der Waals surface area (Å²) < 4.78 is 5.52. The molecule has 1 fully saturated rings. The van der Waals surface area contributed by atoms with Crippen molar-refractivity contribution in [3.63, 3.8) is 0 Å². The summed E-state index contributed by atoms with van der Waals surface area (Å²) in [5, 5.41) is 0. The molecule has 0 radical (unpaired) electrons. The van der Waals surface area contributed by atoms with E-state index in [1.807, 2.05) is 0 Å². The smallest absolute Gasteiger partial charge is 0.258 e. The summed E-state index contributed by atoms with van der Waals surface area (Å²) >= 11 is 3.20. The summed E-state index contributed by atoms with van der Waals surface area (Å²) in [5.41, 5.74) is 5.72. The monoisotopic (exact) mass is 314 g/mol. The topological polar surface area (TPSA) is 76.5 Å². The zero-order chi connectivity index (χ0) is 13.1. The Hall–Kier alpha value is -1.30. The lowest BCUT2D eigenvalue weighted by molar-refractivity contribution is -0.119. The van der Waals surface area contributed by atoms with Crippen molar-refractivity contribution in [1.29, 1.82) is 0 Å². The van der Waals surface area contributed by atoms with Crippen LogP contribution in [0.25, 0.3) is 0 Å². The Bertz CT molecular complexity index is 450. The van der Waals surface area contributed by atoms with Crippen molar-refractivity contribution in [3.8, 4) is 0 Å². The highest BCUT2D eigenvalue weighted by Gasteiger charge is 2.26. The van der Waals surface area contributed by atoms with Gasteiger partial charge in [-0.25, -0.2) is 0 Å². The number of hydrogen-bond acceptors (Lipinski definition) is 3. The van der Waals surface area contributed by atoms with E-state index >= 15 is 0 Å². The summed E-state index contributed by atoms with van der Waals surface area (Å²) in [7, 11) is 0. The molecular weight excluding hydrogens is 300 g/mol. The summed E-state index contributed by atoms with van der Waals surface area (Å²) in [4.78, 5) is 24.8. The molecule has 2 rings (SSSR count). The molecule has 0 aromatic carbocycles. The first-order valence-electron chi connectivity index (χ1n) is 5.88. The number of carbonyl (C=O) groups is 2. The van der Waals surface area contributed by atoms with Crippen LogP contribution >= 0.6 is 15.9 Å². The van der Waals surface area contributed by atoms with E-state index in [0.717, 1.165) is 12.8 Å². The Labute approximate surface area is 113 Å². The lowest BCUT2D eigenvalue weighted by Gasteiger charge is -2.31. The Morgan fingerprint density at radius 1 is 1.44 bits per heavy atom. The van der Waals surface area contributed by atoms with Crippen LogP contribution in [0.2, 0.25) is 0 Å². The second kappa shape index (κ2) is 5.56. The molecule has 5 nitrogen and oxygen atoms in total. The molecule has 2 amide bonds. The van der Waals surface area contributed by atoms with Gasteiger partial charge in [-0.05, 0) is 40.8 Å². The normalized spacial score (nSPS) is 16.8. The summed E-state index contributed by atoms with van der Waals surface area (Å²) in [6, 6.07) is 1.65. The van der Waals surface area contributed by atoms with E-state index in [0.29, 0.717) is 35.7 Å². The van der Waals surface area contributed by atoms with Gasteiger partial charge in [0.25, 0.3) is 5.91 Å². The van der Waals surface area contributed by atoms with Crippen LogP contribution in [0, 0.1) is 5.92 Å². The van der Waals surface area contributed by atoms with E-state index < -0.39 is 0 Å². The highest BCUT2D eigenvalue weighted by molar-refractivity contribution is 9.10. The third-order valence-electron chi connectivity index (χ3n) is 3.24. The number of hydrogen-bond donors (Lipinski definition) is 1. The first kappa shape index (κ1) is 13.1. The molecule has 0 aliphatic carbocycles. The number of carbonyl (C=O) groups excluding carboxylic acids is 2. The van der Waals surface area contributed by atoms with Crippen LogP contribution < -0.4 is 5.73 Å². The van der Waals surface area contributed by atoms with Gasteiger partial charge in [0.15, 0.2) is 4.67 Å². The van der Waals surface area contributed by atoms with Crippen LogP contribution in [-0.2, 0) is 4.79 Å². The minimum absolute atomic E-state index is 0.0341. The number of primary amides is 1. The van der Waals surface area contributed by atoms with E-state index in [9.17, 15) is 9.59 Å². The zero-order valence-corrected chi connectivity index (χ0v) is 11.5. The molecule has 2 heterocycles. The second-order valence-corrected chi connectivity index (χ2v) is 5.23. The number of amides is 2. The molecule has 98 valence electrons. The van der Waals surface area contributed by atoms with E-state index in [-0.39, 0.29) is 11.8 Å². The number of nitrogens with zero attached hydrogens (tertiary/aromatic N) is 1. The van der Waals surface area contributed by atoms with Crippen LogP contribution in [0.5, 0.6) is 0 Å². The van der Waals surface area contributed by atoms with E-state index in [1.165, 1.54) is 6.26 Å². The molecule has 1 aromatic rings. The van der Waals surface area contributed by atoms with Gasteiger partial charge in [0.05, 0.1) is 11.8 Å². The number of likely N-dealkylation sites (tertiary alicyclic amines) is 1. The molecular formula is C12H15BrN2O3. The van der Waals surface area contributed by atoms with Gasteiger partial charge in [-0.15, -0.1) is 0 Å². The van der Waals surface area contributed by atoms with Crippen molar-refractivity contribution in [3.05, 3.63) is 22.6 Å². The minimum Gasteiger partial charge on any atom is -0.457 e. The molecule has 1 aliphatic heterocycles. The van der Waals surface area contributed by atoms with E-state index in [2.05, 4.69) is 15.9 Å². The number of furan rings is 1. The van der Waals surface area contributed by atoms with Crippen molar-refractivity contribution < 1.29 is 14.0 Å². The number of halogens is 1. The minimum atomic E-state index is -0.266. The van der Waals surface area contributed by atoms with Gasteiger partial charge in [-0.3, -0.25) is 9.59 Å². The summed E-state index contributed by atoms with van der Waals surface area (Å²) in [5.74, 6) is 0.00449. The number of piperidine rings is 1.